The molecule has 0 spiro atoms. The van der Waals surface area contributed by atoms with Gasteiger partial charge >= 0.3 is 0 Å². The second-order valence-electron chi connectivity index (χ2n) is 3.76. The van der Waals surface area contributed by atoms with Crippen LogP contribution in [0.15, 0.2) is 35.7 Å². The number of hydrogen-bond donors (Lipinski definition) is 1. The highest BCUT2D eigenvalue weighted by molar-refractivity contribution is 7.71. The maximum atomic E-state index is 13.2. The third-order valence-electron chi connectivity index (χ3n) is 2.58. The molecule has 7 heteroatoms. The fourth-order valence-electron chi connectivity index (χ4n) is 1.73. The third kappa shape index (κ3) is 2.22. The molecule has 0 atom stereocenters. The maximum Gasteiger partial charge on any atom is 0.200 e. The summed E-state index contributed by atoms with van der Waals surface area (Å²) in [6.45, 7) is 0. The quantitative estimate of drug-likeness (QED) is 0.709. The minimum atomic E-state index is -0.460. The van der Waals surface area contributed by atoms with E-state index in [4.69, 9.17) is 23.8 Å². The summed E-state index contributed by atoms with van der Waals surface area (Å²) in [7, 11) is 0. The van der Waals surface area contributed by atoms with Crippen molar-refractivity contribution in [2.75, 3.05) is 0 Å². The number of aromatic amines is 1. The second-order valence-corrected chi connectivity index (χ2v) is 5.51. The van der Waals surface area contributed by atoms with Crippen LogP contribution >= 0.6 is 35.2 Å². The molecule has 0 radical (unpaired) electrons. The summed E-state index contributed by atoms with van der Waals surface area (Å²) >= 11 is 12.6. The van der Waals surface area contributed by atoms with E-state index < -0.39 is 5.82 Å². The molecule has 0 saturated heterocycles. The molecule has 0 amide bonds. The summed E-state index contributed by atoms with van der Waals surface area (Å²) in [5, 5.41) is 8.96. The van der Waals surface area contributed by atoms with Crippen LogP contribution in [0.5, 0.6) is 0 Å². The molecule has 2 aromatic heterocycles. The molecular weight excluding hydrogens is 305 g/mol. The Bertz CT molecular complexity index is 777. The molecule has 0 aliphatic rings. The Morgan fingerprint density at radius 1 is 1.37 bits per heavy atom. The van der Waals surface area contributed by atoms with Crippen LogP contribution in [0.1, 0.15) is 0 Å². The lowest BCUT2D eigenvalue weighted by Crippen LogP contribution is -1.97. The average Bonchev–Trinajstić information content (AvgIpc) is 3.01. The van der Waals surface area contributed by atoms with E-state index in [0.717, 1.165) is 4.88 Å². The first kappa shape index (κ1) is 12.5. The Labute approximate surface area is 122 Å². The fourth-order valence-corrected chi connectivity index (χ4v) is 2.85. The number of rotatable bonds is 2. The zero-order chi connectivity index (χ0) is 13.4. The van der Waals surface area contributed by atoms with E-state index in [0.29, 0.717) is 16.3 Å². The zero-order valence-corrected chi connectivity index (χ0v) is 11.8. The van der Waals surface area contributed by atoms with Gasteiger partial charge < -0.3 is 0 Å². The topological polar surface area (TPSA) is 33.6 Å². The van der Waals surface area contributed by atoms with Crippen LogP contribution in [0.2, 0.25) is 5.02 Å². The number of halogens is 2. The first-order valence-corrected chi connectivity index (χ1v) is 7.00. The molecule has 0 bridgehead atoms. The molecule has 1 N–H and O–H groups in total. The van der Waals surface area contributed by atoms with Gasteiger partial charge in [0.05, 0.1) is 15.6 Å². The molecular formula is C12H7ClFN3S2. The van der Waals surface area contributed by atoms with E-state index in [9.17, 15) is 4.39 Å². The summed E-state index contributed by atoms with van der Waals surface area (Å²) in [6, 6.07) is 8.32. The molecule has 96 valence electrons. The molecule has 0 aliphatic carbocycles. The molecule has 3 aromatic rings. The number of H-pyrrole nitrogens is 1. The monoisotopic (exact) mass is 311 g/mol. The molecule has 0 unspecified atom stereocenters. The normalized spacial score (nSPS) is 10.8. The van der Waals surface area contributed by atoms with Crippen molar-refractivity contribution < 1.29 is 4.39 Å². The summed E-state index contributed by atoms with van der Waals surface area (Å²) < 4.78 is 15.4. The minimum Gasteiger partial charge on any atom is -0.267 e. The van der Waals surface area contributed by atoms with Gasteiger partial charge in [-0.05, 0) is 41.9 Å². The van der Waals surface area contributed by atoms with Crippen molar-refractivity contribution in [2.24, 2.45) is 0 Å². The van der Waals surface area contributed by atoms with Crippen molar-refractivity contribution in [1.29, 1.82) is 0 Å². The predicted octanol–water partition coefficient (Wildman–Crippen LogP) is 4.45. The lowest BCUT2D eigenvalue weighted by atomic mass is 10.3. The zero-order valence-electron chi connectivity index (χ0n) is 9.43. The van der Waals surface area contributed by atoms with Gasteiger partial charge in [0.2, 0.25) is 0 Å². The van der Waals surface area contributed by atoms with Crippen LogP contribution in [0.25, 0.3) is 16.4 Å². The van der Waals surface area contributed by atoms with Crippen molar-refractivity contribution in [3.63, 3.8) is 0 Å². The largest absolute Gasteiger partial charge is 0.267 e. The van der Waals surface area contributed by atoms with Crippen LogP contribution in [-0.2, 0) is 0 Å². The van der Waals surface area contributed by atoms with Gasteiger partial charge in [0.25, 0.3) is 0 Å². The Morgan fingerprint density at radius 2 is 2.21 bits per heavy atom. The Kier molecular flexibility index (Phi) is 3.22. The van der Waals surface area contributed by atoms with Gasteiger partial charge in [-0.1, -0.05) is 17.7 Å². The number of nitrogens with one attached hydrogen (secondary N) is 1. The van der Waals surface area contributed by atoms with Crippen LogP contribution < -0.4 is 0 Å². The predicted molar refractivity (Wildman–Crippen MR) is 77.0 cm³/mol. The van der Waals surface area contributed by atoms with E-state index in [1.54, 1.807) is 22.0 Å². The van der Waals surface area contributed by atoms with Gasteiger partial charge in [0.1, 0.15) is 5.82 Å². The summed E-state index contributed by atoms with van der Waals surface area (Å²) in [5.41, 5.74) is 0.675. The first-order chi connectivity index (χ1) is 9.16. The highest BCUT2D eigenvalue weighted by Gasteiger charge is 2.12. The number of benzene rings is 1. The Morgan fingerprint density at radius 3 is 2.89 bits per heavy atom. The van der Waals surface area contributed by atoms with E-state index in [-0.39, 0.29) is 5.02 Å². The van der Waals surface area contributed by atoms with Crippen LogP contribution in [0.4, 0.5) is 4.39 Å². The Hall–Kier alpha value is -1.50. The van der Waals surface area contributed by atoms with Crippen LogP contribution in [0, 0.1) is 10.6 Å². The summed E-state index contributed by atoms with van der Waals surface area (Å²) in [4.78, 5) is 0.966. The van der Waals surface area contributed by atoms with Gasteiger partial charge in [-0.3, -0.25) is 9.67 Å². The lowest BCUT2D eigenvalue weighted by molar-refractivity contribution is 0.628. The minimum absolute atomic E-state index is 0.0535. The lowest BCUT2D eigenvalue weighted by Gasteiger charge is -2.06. The van der Waals surface area contributed by atoms with Crippen molar-refractivity contribution in [3.8, 4) is 16.4 Å². The van der Waals surface area contributed by atoms with E-state index in [2.05, 4.69) is 10.2 Å². The van der Waals surface area contributed by atoms with Gasteiger partial charge in [0.15, 0.2) is 10.6 Å². The molecule has 3 nitrogen and oxygen atoms in total. The molecule has 0 saturated carbocycles. The standard InChI is InChI=1S/C12H7ClFN3S2/c13-8-6-7(3-4-9(8)14)17-11(15-16-12(17)18)10-2-1-5-19-10/h1-6H,(H,16,18). The molecule has 1 aromatic carbocycles. The molecule has 19 heavy (non-hydrogen) atoms. The number of thiophene rings is 1. The van der Waals surface area contributed by atoms with Crippen molar-refractivity contribution in [1.82, 2.24) is 14.8 Å². The molecule has 0 aliphatic heterocycles. The van der Waals surface area contributed by atoms with E-state index in [1.165, 1.54) is 12.1 Å². The van der Waals surface area contributed by atoms with Crippen molar-refractivity contribution >= 4 is 35.2 Å². The number of hydrogen-bond acceptors (Lipinski definition) is 3. The highest BCUT2D eigenvalue weighted by Crippen LogP contribution is 2.27. The van der Waals surface area contributed by atoms with Crippen LogP contribution in [0.3, 0.4) is 0 Å². The summed E-state index contributed by atoms with van der Waals surface area (Å²) in [5.74, 6) is 0.223. The summed E-state index contributed by atoms with van der Waals surface area (Å²) in [6.07, 6.45) is 0. The van der Waals surface area contributed by atoms with Crippen LogP contribution in [-0.4, -0.2) is 14.8 Å². The molecule has 0 fully saturated rings. The SMILES string of the molecule is Fc1ccc(-n2c(-c3cccs3)n[nH]c2=S)cc1Cl. The first-order valence-electron chi connectivity index (χ1n) is 5.33. The number of nitrogens with zero attached hydrogens (tertiary/aromatic N) is 2. The maximum absolute atomic E-state index is 13.2. The Balaban J connectivity index is 2.22. The van der Waals surface area contributed by atoms with E-state index in [1.807, 2.05) is 17.5 Å². The average molecular weight is 312 g/mol. The van der Waals surface area contributed by atoms with E-state index >= 15 is 0 Å². The van der Waals surface area contributed by atoms with Crippen molar-refractivity contribution in [2.45, 2.75) is 0 Å². The van der Waals surface area contributed by atoms with Gasteiger partial charge in [-0.25, -0.2) is 4.39 Å². The van der Waals surface area contributed by atoms with Gasteiger partial charge in [0, 0.05) is 0 Å². The highest BCUT2D eigenvalue weighted by atomic mass is 35.5. The second kappa shape index (κ2) is 4.88. The number of aromatic nitrogens is 3. The van der Waals surface area contributed by atoms with Gasteiger partial charge in [-0.15, -0.1) is 11.3 Å². The fraction of sp³-hybridized carbons (Fsp3) is 0. The van der Waals surface area contributed by atoms with Gasteiger partial charge in [-0.2, -0.15) is 5.10 Å². The van der Waals surface area contributed by atoms with Crippen molar-refractivity contribution in [3.05, 3.63) is 51.3 Å². The smallest absolute Gasteiger partial charge is 0.200 e. The molecule has 2 heterocycles. The third-order valence-corrected chi connectivity index (χ3v) is 4.00. The molecule has 3 rings (SSSR count).